The predicted molar refractivity (Wildman–Crippen MR) is 97.3 cm³/mol. The highest BCUT2D eigenvalue weighted by Gasteiger charge is 2.24. The Morgan fingerprint density at radius 2 is 2.00 bits per heavy atom. The monoisotopic (exact) mass is 368 g/mol. The maximum atomic E-state index is 14.2. The van der Waals surface area contributed by atoms with E-state index in [1.54, 1.807) is 6.92 Å². The molecule has 3 aromatic rings. The Labute approximate surface area is 155 Å². The Morgan fingerprint density at radius 3 is 2.73 bits per heavy atom. The second-order valence-electron chi connectivity index (χ2n) is 5.41. The molecule has 0 saturated carbocycles. The van der Waals surface area contributed by atoms with E-state index < -0.39 is 11.7 Å². The van der Waals surface area contributed by atoms with Crippen molar-refractivity contribution in [3.63, 3.8) is 0 Å². The van der Waals surface area contributed by atoms with Gasteiger partial charge in [-0.25, -0.2) is 4.39 Å². The Morgan fingerprint density at radius 1 is 1.23 bits per heavy atom. The third-order valence-electron chi connectivity index (χ3n) is 3.63. The van der Waals surface area contributed by atoms with Crippen molar-refractivity contribution >= 4 is 17.5 Å². The molecule has 0 aliphatic heterocycles. The minimum atomic E-state index is -0.580. The third kappa shape index (κ3) is 3.76. The molecule has 0 aliphatic carbocycles. The van der Waals surface area contributed by atoms with Crippen LogP contribution in [0.15, 0.2) is 53.1 Å². The number of rotatable bonds is 3. The number of benzene rings is 2. The lowest BCUT2D eigenvalue weighted by molar-refractivity contribution is 0.0957. The predicted octanol–water partition coefficient (Wildman–Crippen LogP) is 4.22. The second-order valence-corrected chi connectivity index (χ2v) is 5.82. The van der Waals surface area contributed by atoms with Crippen LogP contribution in [0.2, 0.25) is 5.02 Å². The van der Waals surface area contributed by atoms with Crippen molar-refractivity contribution in [2.45, 2.75) is 6.92 Å². The summed E-state index contributed by atoms with van der Waals surface area (Å²) in [6.07, 6.45) is 0. The van der Waals surface area contributed by atoms with Crippen molar-refractivity contribution in [2.24, 2.45) is 0 Å². The molecule has 0 unspecified atom stereocenters. The summed E-state index contributed by atoms with van der Waals surface area (Å²) in [4.78, 5) is 12.5. The van der Waals surface area contributed by atoms with Crippen molar-refractivity contribution in [3.8, 4) is 23.1 Å². The first-order valence-electron chi connectivity index (χ1n) is 7.80. The average Bonchev–Trinajstić information content (AvgIpc) is 3.01. The number of carbonyl (C=O) groups is 1. The Bertz CT molecular complexity index is 983. The van der Waals surface area contributed by atoms with Crippen LogP contribution in [0.5, 0.6) is 0 Å². The molecule has 130 valence electrons. The number of aryl methyl sites for hydroxylation is 1. The highest BCUT2D eigenvalue weighted by molar-refractivity contribution is 6.33. The summed E-state index contributed by atoms with van der Waals surface area (Å²) in [5, 5.41) is 6.62. The Hall–Kier alpha value is -3.10. The van der Waals surface area contributed by atoms with Gasteiger partial charge in [-0.15, -0.1) is 0 Å². The standard InChI is InChI=1S/C20H14ClFN2O2/c1-13-17(19(24-26-13)18-15(21)10-5-11-16(18)22)20(25)23-12-6-9-14-7-3-2-4-8-14/h2-5,7-8,10-11H,12H2,1H3,(H,23,25). The number of hydrogen-bond donors (Lipinski definition) is 1. The molecule has 1 amide bonds. The van der Waals surface area contributed by atoms with Gasteiger partial charge in [0.15, 0.2) is 0 Å². The van der Waals surface area contributed by atoms with Gasteiger partial charge in [-0.2, -0.15) is 0 Å². The number of amides is 1. The zero-order valence-electron chi connectivity index (χ0n) is 13.8. The molecule has 1 aromatic heterocycles. The number of hydrogen-bond acceptors (Lipinski definition) is 3. The largest absolute Gasteiger partial charge is 0.360 e. The van der Waals surface area contributed by atoms with E-state index >= 15 is 0 Å². The van der Waals surface area contributed by atoms with Crippen LogP contribution in [0.25, 0.3) is 11.3 Å². The first-order chi connectivity index (χ1) is 12.6. The lowest BCUT2D eigenvalue weighted by Crippen LogP contribution is -2.24. The van der Waals surface area contributed by atoms with Crippen LogP contribution in [-0.2, 0) is 0 Å². The molecule has 0 saturated heterocycles. The van der Waals surface area contributed by atoms with Crippen LogP contribution in [0.4, 0.5) is 4.39 Å². The fourth-order valence-corrected chi connectivity index (χ4v) is 2.67. The summed E-state index contributed by atoms with van der Waals surface area (Å²) in [5.74, 6) is 5.04. The van der Waals surface area contributed by atoms with Gasteiger partial charge in [-0.1, -0.05) is 52.9 Å². The van der Waals surface area contributed by atoms with Gasteiger partial charge in [0.25, 0.3) is 5.91 Å². The van der Waals surface area contributed by atoms with Crippen molar-refractivity contribution in [1.29, 1.82) is 0 Å². The van der Waals surface area contributed by atoms with E-state index in [1.807, 2.05) is 30.3 Å². The molecule has 0 radical (unpaired) electrons. The van der Waals surface area contributed by atoms with E-state index in [-0.39, 0.29) is 34.1 Å². The molecular weight excluding hydrogens is 355 g/mol. The normalized spacial score (nSPS) is 10.1. The topological polar surface area (TPSA) is 55.1 Å². The quantitative estimate of drug-likeness (QED) is 0.704. The Kier molecular flexibility index (Phi) is 5.35. The molecule has 4 nitrogen and oxygen atoms in total. The average molecular weight is 369 g/mol. The first-order valence-corrected chi connectivity index (χ1v) is 8.18. The van der Waals surface area contributed by atoms with Crippen LogP contribution in [0.1, 0.15) is 21.7 Å². The highest BCUT2D eigenvalue weighted by Crippen LogP contribution is 2.33. The minimum absolute atomic E-state index is 0.0338. The zero-order valence-corrected chi connectivity index (χ0v) is 14.6. The van der Waals surface area contributed by atoms with E-state index in [1.165, 1.54) is 18.2 Å². The van der Waals surface area contributed by atoms with Crippen molar-refractivity contribution in [3.05, 3.63) is 76.3 Å². The third-order valence-corrected chi connectivity index (χ3v) is 3.95. The van der Waals surface area contributed by atoms with Crippen LogP contribution < -0.4 is 5.32 Å². The van der Waals surface area contributed by atoms with Crippen LogP contribution >= 0.6 is 11.6 Å². The molecule has 3 rings (SSSR count). The lowest BCUT2D eigenvalue weighted by atomic mass is 10.0. The molecule has 1 N–H and O–H groups in total. The molecule has 0 atom stereocenters. The van der Waals surface area contributed by atoms with Crippen LogP contribution in [0.3, 0.4) is 0 Å². The smallest absolute Gasteiger partial charge is 0.257 e. The molecular formula is C20H14ClFN2O2. The zero-order chi connectivity index (χ0) is 18.5. The number of nitrogens with one attached hydrogen (secondary N) is 1. The summed E-state index contributed by atoms with van der Waals surface area (Å²) < 4.78 is 19.2. The maximum absolute atomic E-state index is 14.2. The van der Waals surface area contributed by atoms with Crippen LogP contribution in [0, 0.1) is 24.6 Å². The molecule has 0 bridgehead atoms. The van der Waals surface area contributed by atoms with E-state index in [0.717, 1.165) is 5.56 Å². The number of carbonyl (C=O) groups excluding carboxylic acids is 1. The van der Waals surface area contributed by atoms with Gasteiger partial charge in [-0.3, -0.25) is 4.79 Å². The SMILES string of the molecule is Cc1onc(-c2c(F)cccc2Cl)c1C(=O)NCC#Cc1ccccc1. The number of halogens is 2. The molecule has 6 heteroatoms. The number of aromatic nitrogens is 1. The van der Waals surface area contributed by atoms with Crippen molar-refractivity contribution < 1.29 is 13.7 Å². The fraction of sp³-hybridized carbons (Fsp3) is 0.100. The van der Waals surface area contributed by atoms with Crippen molar-refractivity contribution in [2.75, 3.05) is 6.54 Å². The summed E-state index contributed by atoms with van der Waals surface area (Å²) >= 11 is 6.07. The fourth-order valence-electron chi connectivity index (χ4n) is 2.41. The lowest BCUT2D eigenvalue weighted by Gasteiger charge is -2.05. The molecule has 2 aromatic carbocycles. The molecule has 0 fully saturated rings. The van der Waals surface area contributed by atoms with Gasteiger partial charge in [0.2, 0.25) is 0 Å². The maximum Gasteiger partial charge on any atom is 0.257 e. The van der Waals surface area contributed by atoms with E-state index in [2.05, 4.69) is 22.3 Å². The van der Waals surface area contributed by atoms with Gasteiger partial charge in [0.05, 0.1) is 17.1 Å². The molecule has 26 heavy (non-hydrogen) atoms. The summed E-state index contributed by atoms with van der Waals surface area (Å²) in [7, 11) is 0. The molecule has 0 aliphatic rings. The minimum Gasteiger partial charge on any atom is -0.360 e. The summed E-state index contributed by atoms with van der Waals surface area (Å²) in [5.41, 5.74) is 1.09. The summed E-state index contributed by atoms with van der Waals surface area (Å²) in [6.45, 7) is 1.71. The van der Waals surface area contributed by atoms with Gasteiger partial charge in [0, 0.05) is 5.56 Å². The summed E-state index contributed by atoms with van der Waals surface area (Å²) in [6, 6.07) is 13.7. The molecule has 1 heterocycles. The number of nitrogens with zero attached hydrogens (tertiary/aromatic N) is 1. The Balaban J connectivity index is 1.81. The van der Waals surface area contributed by atoms with Gasteiger partial charge >= 0.3 is 0 Å². The van der Waals surface area contributed by atoms with Gasteiger partial charge in [0.1, 0.15) is 22.8 Å². The molecule has 0 spiro atoms. The van der Waals surface area contributed by atoms with Gasteiger partial charge in [-0.05, 0) is 31.2 Å². The second kappa shape index (κ2) is 7.85. The van der Waals surface area contributed by atoms with Crippen molar-refractivity contribution in [1.82, 2.24) is 10.5 Å². The van der Waals surface area contributed by atoms with Crippen LogP contribution in [-0.4, -0.2) is 17.6 Å². The highest BCUT2D eigenvalue weighted by atomic mass is 35.5. The van der Waals surface area contributed by atoms with E-state index in [0.29, 0.717) is 0 Å². The van der Waals surface area contributed by atoms with Gasteiger partial charge < -0.3 is 9.84 Å². The first kappa shape index (κ1) is 17.7. The van der Waals surface area contributed by atoms with E-state index in [4.69, 9.17) is 16.1 Å². The van der Waals surface area contributed by atoms with E-state index in [9.17, 15) is 9.18 Å².